The molecule has 31 heavy (non-hydrogen) atoms. The second-order valence-electron chi connectivity index (χ2n) is 9.35. The predicted octanol–water partition coefficient (Wildman–Crippen LogP) is 6.03. The van der Waals surface area contributed by atoms with Crippen LogP contribution in [0.2, 0.25) is 0 Å². The number of fused-ring (bicyclic) bond motifs is 1. The molecule has 3 aliphatic carbocycles. The first-order chi connectivity index (χ1) is 14.7. The Morgan fingerprint density at radius 1 is 1.06 bits per heavy atom. The molecule has 0 saturated heterocycles. The lowest BCUT2D eigenvalue weighted by atomic mass is 9.35. The average molecular weight is 428 g/mol. The number of rotatable bonds is 6. The molecule has 3 aromatic rings. The van der Waals surface area contributed by atoms with Gasteiger partial charge in [0.15, 0.2) is 0 Å². The summed E-state index contributed by atoms with van der Waals surface area (Å²) < 4.78 is 43.7. The zero-order chi connectivity index (χ0) is 21.9. The Morgan fingerprint density at radius 2 is 1.71 bits per heavy atom. The SMILES string of the molecule is CC12CC(C(=O)Nc3c[nH]c4ccc(COCc5ccc(C(F)(F)F)cc5)cc34)(C1)C2. The predicted molar refractivity (Wildman–Crippen MR) is 111 cm³/mol. The van der Waals surface area contributed by atoms with E-state index in [9.17, 15) is 18.0 Å². The second kappa shape index (κ2) is 6.85. The Labute approximate surface area is 177 Å². The standard InChI is InChI=1S/C24H23F3N2O2/c1-22-12-23(13-22,14-22)21(30)29-20-9-28-19-7-4-16(8-18(19)20)11-31-10-15-2-5-17(6-3-15)24(25,26)27/h2-9,28H,10-14H2,1H3,(H,29,30). The van der Waals surface area contributed by atoms with Crippen molar-refractivity contribution in [3.05, 3.63) is 65.4 Å². The molecule has 7 heteroatoms. The summed E-state index contributed by atoms with van der Waals surface area (Å²) in [6, 6.07) is 10.8. The number of ether oxygens (including phenoxy) is 1. The summed E-state index contributed by atoms with van der Waals surface area (Å²) in [4.78, 5) is 15.9. The van der Waals surface area contributed by atoms with Gasteiger partial charge in [-0.05, 0) is 60.1 Å². The topological polar surface area (TPSA) is 54.1 Å². The third kappa shape index (κ3) is 3.61. The summed E-state index contributed by atoms with van der Waals surface area (Å²) in [6.07, 6.45) is 0.378. The number of nitrogens with one attached hydrogen (secondary N) is 2. The molecule has 0 aliphatic heterocycles. The molecule has 2 bridgehead atoms. The highest BCUT2D eigenvalue weighted by molar-refractivity contribution is 6.04. The summed E-state index contributed by atoms with van der Waals surface area (Å²) >= 11 is 0. The van der Waals surface area contributed by atoms with Gasteiger partial charge in [0.05, 0.1) is 29.9 Å². The van der Waals surface area contributed by atoms with E-state index in [4.69, 9.17) is 4.74 Å². The van der Waals surface area contributed by atoms with Crippen LogP contribution in [0.5, 0.6) is 0 Å². The number of benzene rings is 2. The number of carbonyl (C=O) groups excluding carboxylic acids is 1. The third-order valence-corrected chi connectivity index (χ3v) is 6.59. The number of H-pyrrole nitrogens is 1. The van der Waals surface area contributed by atoms with Crippen molar-refractivity contribution in [2.24, 2.45) is 10.8 Å². The molecule has 1 amide bonds. The molecule has 2 aromatic carbocycles. The quantitative estimate of drug-likeness (QED) is 0.504. The maximum absolute atomic E-state index is 12.7. The molecule has 2 N–H and O–H groups in total. The number of aromatic amines is 1. The first-order valence-corrected chi connectivity index (χ1v) is 10.3. The van der Waals surface area contributed by atoms with Gasteiger partial charge in [0.25, 0.3) is 0 Å². The second-order valence-corrected chi connectivity index (χ2v) is 9.35. The molecular formula is C24H23F3N2O2. The molecule has 3 fully saturated rings. The minimum Gasteiger partial charge on any atom is -0.372 e. The molecule has 3 aliphatic rings. The van der Waals surface area contributed by atoms with Crippen LogP contribution in [-0.4, -0.2) is 10.9 Å². The molecular weight excluding hydrogens is 405 g/mol. The Kier molecular flexibility index (Phi) is 4.45. The third-order valence-electron chi connectivity index (χ3n) is 6.59. The monoisotopic (exact) mass is 428 g/mol. The molecule has 1 aromatic heterocycles. The van der Waals surface area contributed by atoms with E-state index in [0.717, 1.165) is 53.5 Å². The number of aromatic nitrogens is 1. The van der Waals surface area contributed by atoms with Gasteiger partial charge in [0, 0.05) is 17.1 Å². The van der Waals surface area contributed by atoms with Gasteiger partial charge in [0.1, 0.15) is 0 Å². The number of alkyl halides is 3. The summed E-state index contributed by atoms with van der Waals surface area (Å²) in [5.41, 5.74) is 2.81. The van der Waals surface area contributed by atoms with Crippen LogP contribution >= 0.6 is 0 Å². The highest BCUT2D eigenvalue weighted by Crippen LogP contribution is 2.73. The lowest BCUT2D eigenvalue weighted by molar-refractivity contribution is -0.194. The zero-order valence-corrected chi connectivity index (χ0v) is 17.1. The van der Waals surface area contributed by atoms with E-state index < -0.39 is 11.7 Å². The molecule has 6 rings (SSSR count). The molecule has 0 spiro atoms. The number of hydrogen-bond donors (Lipinski definition) is 2. The fourth-order valence-corrected chi connectivity index (χ4v) is 5.23. The molecule has 0 unspecified atom stereocenters. The molecule has 4 nitrogen and oxygen atoms in total. The lowest BCUT2D eigenvalue weighted by Crippen LogP contribution is -2.65. The minimum absolute atomic E-state index is 0.0982. The maximum atomic E-state index is 12.7. The van der Waals surface area contributed by atoms with Crippen molar-refractivity contribution in [3.8, 4) is 0 Å². The van der Waals surface area contributed by atoms with Gasteiger partial charge in [0.2, 0.25) is 5.91 Å². The van der Waals surface area contributed by atoms with Gasteiger partial charge in [-0.1, -0.05) is 25.1 Å². The summed E-state index contributed by atoms with van der Waals surface area (Å²) in [5, 5.41) is 4.00. The van der Waals surface area contributed by atoms with Gasteiger partial charge in [-0.15, -0.1) is 0 Å². The van der Waals surface area contributed by atoms with E-state index in [2.05, 4.69) is 17.2 Å². The van der Waals surface area contributed by atoms with Crippen molar-refractivity contribution in [1.29, 1.82) is 0 Å². The van der Waals surface area contributed by atoms with Crippen molar-refractivity contribution in [1.82, 2.24) is 4.98 Å². The highest BCUT2D eigenvalue weighted by atomic mass is 19.4. The van der Waals surface area contributed by atoms with Gasteiger partial charge in [-0.3, -0.25) is 4.79 Å². The van der Waals surface area contributed by atoms with Gasteiger partial charge in [-0.2, -0.15) is 13.2 Å². The molecule has 3 saturated carbocycles. The van der Waals surface area contributed by atoms with E-state index in [1.165, 1.54) is 12.1 Å². The molecule has 162 valence electrons. The summed E-state index contributed by atoms with van der Waals surface area (Å²) in [5.74, 6) is 0.0982. The molecule has 0 radical (unpaired) electrons. The van der Waals surface area contributed by atoms with Gasteiger partial charge in [-0.25, -0.2) is 0 Å². The zero-order valence-electron chi connectivity index (χ0n) is 17.1. The van der Waals surface area contributed by atoms with Gasteiger partial charge < -0.3 is 15.0 Å². The van der Waals surface area contributed by atoms with Gasteiger partial charge >= 0.3 is 6.18 Å². The highest BCUT2D eigenvalue weighted by Gasteiger charge is 2.68. The number of anilines is 1. The number of halogens is 3. The van der Waals surface area contributed by atoms with Crippen molar-refractivity contribution in [2.75, 3.05) is 5.32 Å². The summed E-state index contributed by atoms with van der Waals surface area (Å²) in [6.45, 7) is 2.76. The first kappa shape index (κ1) is 20.1. The average Bonchev–Trinajstić information content (AvgIpc) is 3.06. The van der Waals surface area contributed by atoms with Crippen LogP contribution in [0.25, 0.3) is 10.9 Å². The lowest BCUT2D eigenvalue weighted by Gasteiger charge is -2.68. The van der Waals surface area contributed by atoms with Crippen molar-refractivity contribution in [2.45, 2.75) is 45.6 Å². The Morgan fingerprint density at radius 3 is 2.35 bits per heavy atom. The Balaban J connectivity index is 1.22. The number of carbonyl (C=O) groups is 1. The van der Waals surface area contributed by atoms with E-state index in [1.54, 1.807) is 0 Å². The van der Waals surface area contributed by atoms with Crippen molar-refractivity contribution >= 4 is 22.5 Å². The minimum atomic E-state index is -4.34. The van der Waals surface area contributed by atoms with E-state index in [0.29, 0.717) is 17.6 Å². The van der Waals surface area contributed by atoms with Crippen LogP contribution < -0.4 is 5.32 Å². The van der Waals surface area contributed by atoms with Crippen molar-refractivity contribution < 1.29 is 22.7 Å². The van der Waals surface area contributed by atoms with Crippen LogP contribution in [0.15, 0.2) is 48.7 Å². The smallest absolute Gasteiger partial charge is 0.372 e. The molecule has 0 atom stereocenters. The van der Waals surface area contributed by atoms with Crippen LogP contribution in [0.1, 0.15) is 42.9 Å². The number of amides is 1. The van der Waals surface area contributed by atoms with Crippen LogP contribution in [0.4, 0.5) is 18.9 Å². The first-order valence-electron chi connectivity index (χ1n) is 10.3. The normalized spacial score (nSPS) is 24.5. The largest absolute Gasteiger partial charge is 0.416 e. The summed E-state index contributed by atoms with van der Waals surface area (Å²) in [7, 11) is 0. The molecule has 1 heterocycles. The van der Waals surface area contributed by atoms with Crippen LogP contribution in [-0.2, 0) is 28.9 Å². The van der Waals surface area contributed by atoms with Crippen LogP contribution in [0, 0.1) is 10.8 Å². The maximum Gasteiger partial charge on any atom is 0.416 e. The fraction of sp³-hybridized carbons (Fsp3) is 0.375. The fourth-order valence-electron chi connectivity index (χ4n) is 5.23. The van der Waals surface area contributed by atoms with Crippen molar-refractivity contribution in [3.63, 3.8) is 0 Å². The Bertz CT molecular complexity index is 1130. The van der Waals surface area contributed by atoms with E-state index in [-0.39, 0.29) is 17.9 Å². The van der Waals surface area contributed by atoms with Crippen LogP contribution in [0.3, 0.4) is 0 Å². The Hall–Kier alpha value is -2.80. The number of hydrogen-bond acceptors (Lipinski definition) is 2. The van der Waals surface area contributed by atoms with E-state index >= 15 is 0 Å². The van der Waals surface area contributed by atoms with E-state index in [1.807, 2.05) is 24.4 Å².